The molecule has 3 atom stereocenters. The summed E-state index contributed by atoms with van der Waals surface area (Å²) in [7, 11) is 2.03. The van der Waals surface area contributed by atoms with Gasteiger partial charge < -0.3 is 14.7 Å². The first kappa shape index (κ1) is 25.3. The number of hydrogen-bond acceptors (Lipinski definition) is 7. The van der Waals surface area contributed by atoms with E-state index in [0.717, 1.165) is 16.7 Å². The fraction of sp³-hybridized carbons (Fsp3) is 0.357. The van der Waals surface area contributed by atoms with Crippen molar-refractivity contribution in [3.05, 3.63) is 77.7 Å². The van der Waals surface area contributed by atoms with E-state index in [2.05, 4.69) is 27.9 Å². The normalized spacial score (nSPS) is 18.6. The molecule has 3 aromatic rings. The van der Waals surface area contributed by atoms with Gasteiger partial charge in [0.25, 0.3) is 5.91 Å². The smallest absolute Gasteiger partial charge is 0.259 e. The zero-order chi connectivity index (χ0) is 25.7. The second kappa shape index (κ2) is 11.3. The van der Waals surface area contributed by atoms with Crippen LogP contribution in [0.25, 0.3) is 11.1 Å². The number of rotatable bonds is 7. The van der Waals surface area contributed by atoms with Crippen LogP contribution in [-0.4, -0.2) is 69.7 Å². The Hall–Kier alpha value is -3.80. The van der Waals surface area contributed by atoms with Crippen LogP contribution in [0.1, 0.15) is 35.3 Å². The molecule has 4 rings (SSSR count). The van der Waals surface area contributed by atoms with E-state index in [9.17, 15) is 15.2 Å². The maximum Gasteiger partial charge on any atom is 0.259 e. The standard InChI is InChI=1S/C28H31N5O3/c1-19-15-33(20(2)18-34)28(35)25-11-24(23-8-4-6-21(10-23)12-29)14-31-27(25)36-26(19)17-32(3)16-22-7-5-9-30-13-22/h4-11,13-14,19-20,26,34H,15-18H2,1-3H3/t19-,20+,26+/m1/s1. The van der Waals surface area contributed by atoms with Crippen LogP contribution in [0.3, 0.4) is 0 Å². The topological polar surface area (TPSA) is 103 Å². The van der Waals surface area contributed by atoms with Crippen molar-refractivity contribution in [2.45, 2.75) is 32.5 Å². The number of hydrogen-bond donors (Lipinski definition) is 1. The molecular weight excluding hydrogens is 454 g/mol. The number of benzene rings is 1. The molecule has 0 bridgehead atoms. The van der Waals surface area contributed by atoms with Crippen LogP contribution in [0.5, 0.6) is 5.88 Å². The van der Waals surface area contributed by atoms with E-state index in [-0.39, 0.29) is 36.5 Å². The van der Waals surface area contributed by atoms with E-state index >= 15 is 0 Å². The Bertz CT molecular complexity index is 1240. The Kier molecular flexibility index (Phi) is 7.93. The lowest BCUT2D eigenvalue weighted by Crippen LogP contribution is -2.49. The highest BCUT2D eigenvalue weighted by Gasteiger charge is 2.34. The van der Waals surface area contributed by atoms with Crippen molar-refractivity contribution in [3.63, 3.8) is 0 Å². The Labute approximate surface area is 211 Å². The van der Waals surface area contributed by atoms with Crippen LogP contribution in [0, 0.1) is 17.2 Å². The highest BCUT2D eigenvalue weighted by molar-refractivity contribution is 5.98. The lowest BCUT2D eigenvalue weighted by molar-refractivity contribution is 0.0325. The molecule has 0 fully saturated rings. The van der Waals surface area contributed by atoms with Crippen LogP contribution >= 0.6 is 0 Å². The molecule has 8 heteroatoms. The van der Waals surface area contributed by atoms with Crippen molar-refractivity contribution in [3.8, 4) is 23.1 Å². The summed E-state index contributed by atoms with van der Waals surface area (Å²) in [5.41, 5.74) is 3.50. The Balaban J connectivity index is 1.67. The molecule has 1 aliphatic rings. The highest BCUT2D eigenvalue weighted by atomic mass is 16.5. The Morgan fingerprint density at radius 3 is 2.81 bits per heavy atom. The number of amides is 1. The average molecular weight is 486 g/mol. The zero-order valence-corrected chi connectivity index (χ0v) is 20.8. The molecule has 0 unspecified atom stereocenters. The van der Waals surface area contributed by atoms with Crippen LogP contribution in [0.2, 0.25) is 0 Å². The third-order valence-electron chi connectivity index (χ3n) is 6.51. The van der Waals surface area contributed by atoms with Crippen LogP contribution in [0.4, 0.5) is 0 Å². The van der Waals surface area contributed by atoms with Crippen molar-refractivity contribution < 1.29 is 14.6 Å². The van der Waals surface area contributed by atoms with Crippen molar-refractivity contribution >= 4 is 5.91 Å². The summed E-state index contributed by atoms with van der Waals surface area (Å²) in [4.78, 5) is 26.3. The monoisotopic (exact) mass is 485 g/mol. The molecule has 1 aromatic carbocycles. The van der Waals surface area contributed by atoms with E-state index in [1.165, 1.54) is 0 Å². The maximum absolute atomic E-state index is 13.6. The SMILES string of the molecule is C[C@@H]1CN([C@@H](C)CO)C(=O)c2cc(-c3cccc(C#N)c3)cnc2O[C@H]1CN(C)Cc1cccnc1. The number of aliphatic hydroxyl groups excluding tert-OH is 1. The van der Waals surface area contributed by atoms with Gasteiger partial charge in [0.2, 0.25) is 5.88 Å². The van der Waals surface area contributed by atoms with Crippen molar-refractivity contribution in [1.29, 1.82) is 5.26 Å². The molecule has 0 saturated carbocycles. The van der Waals surface area contributed by atoms with Gasteiger partial charge in [-0.15, -0.1) is 0 Å². The molecule has 2 aromatic heterocycles. The largest absolute Gasteiger partial charge is 0.472 e. The minimum absolute atomic E-state index is 0.00114. The van der Waals surface area contributed by atoms with Gasteiger partial charge in [-0.1, -0.05) is 25.1 Å². The van der Waals surface area contributed by atoms with Gasteiger partial charge in [0.15, 0.2) is 0 Å². The number of ether oxygens (including phenoxy) is 1. The second-order valence-electron chi connectivity index (χ2n) is 9.45. The predicted octanol–water partition coefficient (Wildman–Crippen LogP) is 3.37. The van der Waals surface area contributed by atoms with Gasteiger partial charge in [0.05, 0.1) is 24.3 Å². The average Bonchev–Trinajstić information content (AvgIpc) is 2.90. The van der Waals surface area contributed by atoms with Gasteiger partial charge in [0.1, 0.15) is 11.7 Å². The van der Waals surface area contributed by atoms with E-state index in [0.29, 0.717) is 30.8 Å². The second-order valence-corrected chi connectivity index (χ2v) is 9.45. The Morgan fingerprint density at radius 1 is 1.25 bits per heavy atom. The number of fused-ring (bicyclic) bond motifs is 1. The molecule has 0 saturated heterocycles. The Morgan fingerprint density at radius 2 is 2.08 bits per heavy atom. The van der Waals surface area contributed by atoms with E-state index in [1.807, 2.05) is 38.4 Å². The first-order chi connectivity index (χ1) is 17.4. The quantitative estimate of drug-likeness (QED) is 0.547. The first-order valence-corrected chi connectivity index (χ1v) is 12.1. The number of pyridine rings is 2. The summed E-state index contributed by atoms with van der Waals surface area (Å²) in [5.74, 6) is 0.0502. The molecule has 0 spiro atoms. The number of aliphatic hydroxyl groups is 1. The third kappa shape index (κ3) is 5.70. The first-order valence-electron chi connectivity index (χ1n) is 12.1. The van der Waals surface area contributed by atoms with Gasteiger partial charge >= 0.3 is 0 Å². The molecule has 1 amide bonds. The minimum atomic E-state index is -0.356. The molecule has 186 valence electrons. The predicted molar refractivity (Wildman–Crippen MR) is 136 cm³/mol. The van der Waals surface area contributed by atoms with E-state index in [1.54, 1.807) is 41.6 Å². The fourth-order valence-electron chi connectivity index (χ4n) is 4.42. The van der Waals surface area contributed by atoms with Gasteiger partial charge in [-0.05, 0) is 49.4 Å². The molecule has 1 aliphatic heterocycles. The lowest BCUT2D eigenvalue weighted by atomic mass is 9.98. The van der Waals surface area contributed by atoms with Gasteiger partial charge in [-0.25, -0.2) is 4.98 Å². The number of carbonyl (C=O) groups is 1. The van der Waals surface area contributed by atoms with Crippen LogP contribution < -0.4 is 4.74 Å². The number of likely N-dealkylation sites (N-methyl/N-ethyl adjacent to an activating group) is 1. The lowest BCUT2D eigenvalue weighted by Gasteiger charge is -2.37. The third-order valence-corrected chi connectivity index (χ3v) is 6.51. The van der Waals surface area contributed by atoms with Crippen molar-refractivity contribution in [1.82, 2.24) is 19.8 Å². The number of nitrogens with zero attached hydrogens (tertiary/aromatic N) is 5. The van der Waals surface area contributed by atoms with Gasteiger partial charge in [0, 0.05) is 49.7 Å². The molecule has 8 nitrogen and oxygen atoms in total. The molecule has 0 aliphatic carbocycles. The molecular formula is C28H31N5O3. The molecule has 3 heterocycles. The maximum atomic E-state index is 13.6. The fourth-order valence-corrected chi connectivity index (χ4v) is 4.42. The summed E-state index contributed by atoms with van der Waals surface area (Å²) in [6.45, 7) is 5.53. The number of nitriles is 1. The van der Waals surface area contributed by atoms with Crippen molar-refractivity contribution in [2.75, 3.05) is 26.7 Å². The van der Waals surface area contributed by atoms with Gasteiger partial charge in [-0.2, -0.15) is 5.26 Å². The number of aromatic nitrogens is 2. The molecule has 0 radical (unpaired) electrons. The highest BCUT2D eigenvalue weighted by Crippen LogP contribution is 2.30. The number of carbonyl (C=O) groups excluding carboxylic acids is 1. The minimum Gasteiger partial charge on any atom is -0.472 e. The summed E-state index contributed by atoms with van der Waals surface area (Å²) in [5, 5.41) is 19.2. The zero-order valence-electron chi connectivity index (χ0n) is 20.8. The van der Waals surface area contributed by atoms with Gasteiger partial charge in [-0.3, -0.25) is 14.7 Å². The molecule has 36 heavy (non-hydrogen) atoms. The van der Waals surface area contributed by atoms with Crippen LogP contribution in [-0.2, 0) is 6.54 Å². The summed E-state index contributed by atoms with van der Waals surface area (Å²) in [6.07, 6.45) is 5.05. The summed E-state index contributed by atoms with van der Waals surface area (Å²) < 4.78 is 6.39. The van der Waals surface area contributed by atoms with E-state index < -0.39 is 0 Å². The van der Waals surface area contributed by atoms with Crippen LogP contribution in [0.15, 0.2) is 61.1 Å². The van der Waals surface area contributed by atoms with E-state index in [4.69, 9.17) is 4.74 Å². The summed E-state index contributed by atoms with van der Waals surface area (Å²) in [6, 6.07) is 14.7. The summed E-state index contributed by atoms with van der Waals surface area (Å²) >= 11 is 0. The van der Waals surface area contributed by atoms with Crippen molar-refractivity contribution in [2.24, 2.45) is 5.92 Å². The molecule has 1 N–H and O–H groups in total.